The van der Waals surface area contributed by atoms with E-state index in [1.807, 2.05) is 12.1 Å². The molecule has 118 valence electrons. The summed E-state index contributed by atoms with van der Waals surface area (Å²) in [6.45, 7) is 3.17. The Bertz CT molecular complexity index is 436. The minimum atomic E-state index is 0.618. The second-order valence-electron chi connectivity index (χ2n) is 5.88. The summed E-state index contributed by atoms with van der Waals surface area (Å²) in [4.78, 5) is 0. The van der Waals surface area contributed by atoms with Gasteiger partial charge in [-0.05, 0) is 36.5 Å². The number of rotatable bonds is 6. The van der Waals surface area contributed by atoms with Crippen LogP contribution in [0.4, 0.5) is 0 Å². The van der Waals surface area contributed by atoms with Crippen LogP contribution in [-0.2, 0) is 6.54 Å². The van der Waals surface area contributed by atoms with Crippen LogP contribution in [0.1, 0.15) is 38.2 Å². The van der Waals surface area contributed by atoms with Gasteiger partial charge < -0.3 is 19.5 Å². The minimum Gasteiger partial charge on any atom is -0.493 e. The Morgan fingerprint density at radius 2 is 1.71 bits per heavy atom. The van der Waals surface area contributed by atoms with Crippen molar-refractivity contribution in [3.63, 3.8) is 0 Å². The number of hydrogen-bond acceptors (Lipinski definition) is 4. The highest BCUT2D eigenvalue weighted by Gasteiger charge is 2.19. The van der Waals surface area contributed by atoms with Crippen LogP contribution in [0, 0.1) is 5.92 Å². The van der Waals surface area contributed by atoms with E-state index in [0.29, 0.717) is 23.3 Å². The van der Waals surface area contributed by atoms with Crippen LogP contribution in [-0.4, -0.2) is 27.4 Å². The molecule has 0 aromatic heterocycles. The van der Waals surface area contributed by atoms with E-state index >= 15 is 0 Å². The number of methoxy groups -OCH3 is 3. The van der Waals surface area contributed by atoms with Gasteiger partial charge in [0.05, 0.1) is 21.3 Å². The fourth-order valence-electron chi connectivity index (χ4n) is 3.12. The van der Waals surface area contributed by atoms with Crippen molar-refractivity contribution in [3.05, 3.63) is 17.7 Å². The minimum absolute atomic E-state index is 0.618. The van der Waals surface area contributed by atoms with Gasteiger partial charge in [0.15, 0.2) is 11.5 Å². The highest BCUT2D eigenvalue weighted by molar-refractivity contribution is 5.53. The van der Waals surface area contributed by atoms with Gasteiger partial charge in [-0.1, -0.05) is 19.8 Å². The first-order chi connectivity index (χ1) is 10.2. The summed E-state index contributed by atoms with van der Waals surface area (Å²) in [6.07, 6.45) is 5.23. The van der Waals surface area contributed by atoms with Crippen molar-refractivity contribution in [2.75, 3.05) is 21.3 Å². The van der Waals surface area contributed by atoms with Gasteiger partial charge in [-0.15, -0.1) is 0 Å². The average Bonchev–Trinajstić information content (AvgIpc) is 2.51. The van der Waals surface area contributed by atoms with Crippen LogP contribution in [0.25, 0.3) is 0 Å². The number of benzene rings is 1. The Kier molecular flexibility index (Phi) is 5.74. The van der Waals surface area contributed by atoms with E-state index in [0.717, 1.165) is 18.0 Å². The van der Waals surface area contributed by atoms with E-state index in [2.05, 4.69) is 12.2 Å². The Morgan fingerprint density at radius 1 is 1.05 bits per heavy atom. The lowest BCUT2D eigenvalue weighted by molar-refractivity contribution is 0.299. The van der Waals surface area contributed by atoms with Crippen molar-refractivity contribution in [1.29, 1.82) is 0 Å². The first-order valence-corrected chi connectivity index (χ1v) is 7.70. The van der Waals surface area contributed by atoms with Gasteiger partial charge in [0.25, 0.3) is 0 Å². The molecule has 1 aromatic carbocycles. The topological polar surface area (TPSA) is 39.7 Å². The first-order valence-electron chi connectivity index (χ1n) is 7.70. The van der Waals surface area contributed by atoms with Gasteiger partial charge in [0.1, 0.15) is 0 Å². The standard InChI is InChI=1S/C17H27NO3/c1-12-6-5-7-14(8-12)18-11-13-9-15(19-2)17(21-4)16(10-13)20-3/h9-10,12,14,18H,5-8,11H2,1-4H3. The molecule has 1 aliphatic carbocycles. The SMILES string of the molecule is COc1cc(CNC2CCCC(C)C2)cc(OC)c1OC. The fourth-order valence-corrected chi connectivity index (χ4v) is 3.12. The Hall–Kier alpha value is -1.42. The lowest BCUT2D eigenvalue weighted by atomic mass is 9.87. The molecule has 1 saturated carbocycles. The van der Waals surface area contributed by atoms with Crippen LogP contribution in [0.5, 0.6) is 17.2 Å². The zero-order valence-electron chi connectivity index (χ0n) is 13.6. The summed E-state index contributed by atoms with van der Waals surface area (Å²) in [5.41, 5.74) is 1.16. The molecule has 0 heterocycles. The van der Waals surface area contributed by atoms with Gasteiger partial charge in [0.2, 0.25) is 5.75 Å². The lowest BCUT2D eigenvalue weighted by Gasteiger charge is -2.27. The predicted octanol–water partition coefficient (Wildman–Crippen LogP) is 3.38. The largest absolute Gasteiger partial charge is 0.493 e. The summed E-state index contributed by atoms with van der Waals surface area (Å²) >= 11 is 0. The average molecular weight is 293 g/mol. The molecule has 2 atom stereocenters. The van der Waals surface area contributed by atoms with E-state index in [1.165, 1.54) is 25.7 Å². The maximum absolute atomic E-state index is 5.40. The third kappa shape index (κ3) is 4.03. The second-order valence-corrected chi connectivity index (χ2v) is 5.88. The fraction of sp³-hybridized carbons (Fsp3) is 0.647. The van der Waals surface area contributed by atoms with Crippen LogP contribution in [0.15, 0.2) is 12.1 Å². The zero-order chi connectivity index (χ0) is 15.2. The summed E-state index contributed by atoms with van der Waals surface area (Å²) < 4.78 is 16.1. The van der Waals surface area contributed by atoms with Crippen molar-refractivity contribution in [3.8, 4) is 17.2 Å². The molecule has 0 amide bonds. The van der Waals surface area contributed by atoms with E-state index < -0.39 is 0 Å². The van der Waals surface area contributed by atoms with Gasteiger partial charge in [-0.3, -0.25) is 0 Å². The molecular weight excluding hydrogens is 266 g/mol. The summed E-state index contributed by atoms with van der Waals surface area (Å²) in [5.74, 6) is 2.91. The van der Waals surface area contributed by atoms with Gasteiger partial charge in [-0.2, -0.15) is 0 Å². The summed E-state index contributed by atoms with van der Waals surface area (Å²) in [6, 6.07) is 4.65. The van der Waals surface area contributed by atoms with Crippen molar-refractivity contribution >= 4 is 0 Å². The molecule has 2 unspecified atom stereocenters. The van der Waals surface area contributed by atoms with Crippen molar-refractivity contribution < 1.29 is 14.2 Å². The highest BCUT2D eigenvalue weighted by Crippen LogP contribution is 2.38. The number of hydrogen-bond donors (Lipinski definition) is 1. The highest BCUT2D eigenvalue weighted by atomic mass is 16.5. The lowest BCUT2D eigenvalue weighted by Crippen LogP contribution is -2.33. The molecule has 1 aromatic rings. The molecule has 2 rings (SSSR count). The first kappa shape index (κ1) is 16.0. The number of ether oxygens (including phenoxy) is 3. The Labute approximate surface area is 127 Å². The zero-order valence-corrected chi connectivity index (χ0v) is 13.6. The maximum atomic E-state index is 5.40. The normalized spacial score (nSPS) is 21.9. The van der Waals surface area contributed by atoms with Gasteiger partial charge in [-0.25, -0.2) is 0 Å². The molecular formula is C17H27NO3. The van der Waals surface area contributed by atoms with Crippen molar-refractivity contribution in [2.45, 2.75) is 45.2 Å². The molecule has 1 aliphatic rings. The molecule has 0 spiro atoms. The Morgan fingerprint density at radius 3 is 2.24 bits per heavy atom. The smallest absolute Gasteiger partial charge is 0.203 e. The Balaban J connectivity index is 2.05. The third-order valence-electron chi connectivity index (χ3n) is 4.26. The molecule has 0 aliphatic heterocycles. The van der Waals surface area contributed by atoms with Crippen molar-refractivity contribution in [2.24, 2.45) is 5.92 Å². The molecule has 4 nitrogen and oxygen atoms in total. The monoisotopic (exact) mass is 293 g/mol. The summed E-state index contributed by atoms with van der Waals surface area (Å²) in [7, 11) is 4.93. The molecule has 0 bridgehead atoms. The molecule has 21 heavy (non-hydrogen) atoms. The van der Waals surface area contributed by atoms with E-state index in [1.54, 1.807) is 21.3 Å². The summed E-state index contributed by atoms with van der Waals surface area (Å²) in [5, 5.41) is 3.66. The van der Waals surface area contributed by atoms with Crippen LogP contribution < -0.4 is 19.5 Å². The van der Waals surface area contributed by atoms with E-state index in [9.17, 15) is 0 Å². The molecule has 1 N–H and O–H groups in total. The molecule has 4 heteroatoms. The third-order valence-corrected chi connectivity index (χ3v) is 4.26. The maximum Gasteiger partial charge on any atom is 0.203 e. The molecule has 0 radical (unpaired) electrons. The second kappa shape index (κ2) is 7.55. The molecule has 1 fully saturated rings. The van der Waals surface area contributed by atoms with Crippen molar-refractivity contribution in [1.82, 2.24) is 5.32 Å². The quantitative estimate of drug-likeness (QED) is 0.873. The van der Waals surface area contributed by atoms with E-state index in [-0.39, 0.29) is 0 Å². The predicted molar refractivity (Wildman–Crippen MR) is 84.4 cm³/mol. The van der Waals surface area contributed by atoms with E-state index in [4.69, 9.17) is 14.2 Å². The van der Waals surface area contributed by atoms with Gasteiger partial charge >= 0.3 is 0 Å². The number of nitrogens with one attached hydrogen (secondary N) is 1. The van der Waals surface area contributed by atoms with Crippen LogP contribution in [0.3, 0.4) is 0 Å². The van der Waals surface area contributed by atoms with Crippen LogP contribution in [0.2, 0.25) is 0 Å². The molecule has 0 saturated heterocycles. The van der Waals surface area contributed by atoms with Gasteiger partial charge in [0, 0.05) is 12.6 Å². The van der Waals surface area contributed by atoms with Crippen LogP contribution >= 0.6 is 0 Å².